The Morgan fingerprint density at radius 2 is 1.60 bits per heavy atom. The monoisotopic (exact) mass is 356 g/mol. The number of piperidine rings is 2. The molecule has 2 aromatic rings. The van der Waals surface area contributed by atoms with Gasteiger partial charge in [0.25, 0.3) is 0 Å². The van der Waals surface area contributed by atoms with Gasteiger partial charge in [0, 0.05) is 42.1 Å². The fourth-order valence-corrected chi connectivity index (χ4v) is 4.21. The van der Waals surface area contributed by atoms with Gasteiger partial charge in [-0.05, 0) is 56.5 Å². The molecule has 1 aromatic heterocycles. The summed E-state index contributed by atoms with van der Waals surface area (Å²) in [5.41, 5.74) is 2.07. The molecule has 25 heavy (non-hydrogen) atoms. The van der Waals surface area contributed by atoms with Gasteiger partial charge in [-0.3, -0.25) is 0 Å². The van der Waals surface area contributed by atoms with E-state index in [1.807, 2.05) is 36.7 Å². The van der Waals surface area contributed by atoms with E-state index in [4.69, 9.17) is 11.6 Å². The molecule has 0 atom stereocenters. The van der Waals surface area contributed by atoms with Crippen molar-refractivity contribution in [1.82, 2.24) is 14.9 Å². The minimum atomic E-state index is 0.737. The lowest BCUT2D eigenvalue weighted by molar-refractivity contribution is 0.141. The Balaban J connectivity index is 1.38. The topological polar surface area (TPSA) is 32.3 Å². The van der Waals surface area contributed by atoms with Crippen molar-refractivity contribution in [3.8, 4) is 11.1 Å². The van der Waals surface area contributed by atoms with E-state index in [9.17, 15) is 0 Å². The van der Waals surface area contributed by atoms with Crippen LogP contribution in [-0.4, -0.2) is 47.1 Å². The highest BCUT2D eigenvalue weighted by Crippen LogP contribution is 2.25. The van der Waals surface area contributed by atoms with E-state index in [2.05, 4.69) is 19.8 Å². The third-order valence-electron chi connectivity index (χ3n) is 5.45. The number of hydrogen-bond donors (Lipinski definition) is 0. The maximum absolute atomic E-state index is 6.07. The van der Waals surface area contributed by atoms with Crippen LogP contribution in [0.4, 0.5) is 5.95 Å². The Hall–Kier alpha value is -1.65. The molecule has 0 amide bonds. The van der Waals surface area contributed by atoms with Crippen molar-refractivity contribution in [3.63, 3.8) is 0 Å². The molecule has 0 unspecified atom stereocenters. The van der Waals surface area contributed by atoms with E-state index in [0.717, 1.165) is 41.2 Å². The largest absolute Gasteiger partial charge is 0.341 e. The van der Waals surface area contributed by atoms with Gasteiger partial charge in [-0.2, -0.15) is 0 Å². The van der Waals surface area contributed by atoms with E-state index < -0.39 is 0 Å². The number of likely N-dealkylation sites (tertiary alicyclic amines) is 1. The average molecular weight is 357 g/mol. The Morgan fingerprint density at radius 1 is 0.880 bits per heavy atom. The lowest BCUT2D eigenvalue weighted by atomic mass is 10.00. The zero-order chi connectivity index (χ0) is 17.1. The molecule has 4 nitrogen and oxygen atoms in total. The van der Waals surface area contributed by atoms with Crippen molar-refractivity contribution < 1.29 is 0 Å². The van der Waals surface area contributed by atoms with E-state index >= 15 is 0 Å². The van der Waals surface area contributed by atoms with Crippen LogP contribution in [0, 0.1) is 0 Å². The molecule has 0 N–H and O–H groups in total. The van der Waals surface area contributed by atoms with Crippen LogP contribution in [0.5, 0.6) is 0 Å². The van der Waals surface area contributed by atoms with Crippen molar-refractivity contribution >= 4 is 17.5 Å². The van der Waals surface area contributed by atoms with E-state index in [0.29, 0.717) is 0 Å². The van der Waals surface area contributed by atoms with Crippen molar-refractivity contribution in [2.24, 2.45) is 0 Å². The SMILES string of the molecule is Clc1cccc(-c2cnc(N3CCC(N4CCCCC4)CC3)nc2)c1. The second-order valence-corrected chi connectivity index (χ2v) is 7.53. The quantitative estimate of drug-likeness (QED) is 0.822. The van der Waals surface area contributed by atoms with Gasteiger partial charge < -0.3 is 9.80 Å². The summed E-state index contributed by atoms with van der Waals surface area (Å²) in [5, 5.41) is 0.737. The molecular formula is C20H25ClN4. The number of nitrogens with zero attached hydrogens (tertiary/aromatic N) is 4. The highest BCUT2D eigenvalue weighted by Gasteiger charge is 2.26. The van der Waals surface area contributed by atoms with Crippen molar-refractivity contribution in [1.29, 1.82) is 0 Å². The maximum Gasteiger partial charge on any atom is 0.225 e. The van der Waals surface area contributed by atoms with Gasteiger partial charge in [-0.15, -0.1) is 0 Å². The first-order valence-corrected chi connectivity index (χ1v) is 9.74. The van der Waals surface area contributed by atoms with Crippen molar-refractivity contribution in [2.75, 3.05) is 31.1 Å². The highest BCUT2D eigenvalue weighted by molar-refractivity contribution is 6.30. The summed E-state index contributed by atoms with van der Waals surface area (Å²) >= 11 is 6.07. The Bertz CT molecular complexity index is 689. The molecule has 2 aliphatic rings. The minimum Gasteiger partial charge on any atom is -0.341 e. The minimum absolute atomic E-state index is 0.737. The zero-order valence-corrected chi connectivity index (χ0v) is 15.3. The van der Waals surface area contributed by atoms with Crippen LogP contribution in [0.2, 0.25) is 5.02 Å². The Morgan fingerprint density at radius 3 is 2.28 bits per heavy atom. The number of halogens is 1. The van der Waals surface area contributed by atoms with Gasteiger partial charge in [-0.25, -0.2) is 9.97 Å². The zero-order valence-electron chi connectivity index (χ0n) is 14.6. The molecule has 132 valence electrons. The molecule has 1 aromatic carbocycles. The predicted molar refractivity (Wildman–Crippen MR) is 103 cm³/mol. The number of aromatic nitrogens is 2. The number of hydrogen-bond acceptors (Lipinski definition) is 4. The average Bonchev–Trinajstić information content (AvgIpc) is 2.69. The van der Waals surface area contributed by atoms with E-state index in [1.54, 1.807) is 0 Å². The van der Waals surface area contributed by atoms with E-state index in [-0.39, 0.29) is 0 Å². The van der Waals surface area contributed by atoms with Crippen LogP contribution in [-0.2, 0) is 0 Å². The van der Waals surface area contributed by atoms with Crippen molar-refractivity contribution in [2.45, 2.75) is 38.1 Å². The second kappa shape index (κ2) is 7.71. The summed E-state index contributed by atoms with van der Waals surface area (Å²) in [6.45, 7) is 4.68. The van der Waals surface area contributed by atoms with Gasteiger partial charge >= 0.3 is 0 Å². The standard InChI is InChI=1S/C20H25ClN4/c21-18-6-4-5-16(13-18)17-14-22-20(23-15-17)25-11-7-19(8-12-25)24-9-2-1-3-10-24/h4-6,13-15,19H,1-3,7-12H2. The molecule has 2 saturated heterocycles. The van der Waals surface area contributed by atoms with Gasteiger partial charge in [0.15, 0.2) is 0 Å². The molecule has 5 heteroatoms. The summed E-state index contributed by atoms with van der Waals surface area (Å²) in [6.07, 6.45) is 10.4. The third-order valence-corrected chi connectivity index (χ3v) is 5.69. The molecule has 4 rings (SSSR count). The number of rotatable bonds is 3. The summed E-state index contributed by atoms with van der Waals surface area (Å²) in [5.74, 6) is 0.850. The molecule has 0 aliphatic carbocycles. The summed E-state index contributed by atoms with van der Waals surface area (Å²) in [4.78, 5) is 14.2. The number of anilines is 1. The Kier molecular flexibility index (Phi) is 5.18. The van der Waals surface area contributed by atoms with Gasteiger partial charge in [0.1, 0.15) is 0 Å². The molecule has 0 spiro atoms. The smallest absolute Gasteiger partial charge is 0.225 e. The molecule has 0 saturated carbocycles. The molecule has 0 radical (unpaired) electrons. The maximum atomic E-state index is 6.07. The molecule has 0 bridgehead atoms. The second-order valence-electron chi connectivity index (χ2n) is 7.10. The molecule has 2 aliphatic heterocycles. The first-order valence-electron chi connectivity index (χ1n) is 9.36. The summed E-state index contributed by atoms with van der Waals surface area (Å²) < 4.78 is 0. The normalized spacial score (nSPS) is 20.0. The predicted octanol–water partition coefficient (Wildman–Crippen LogP) is 4.25. The molecule has 2 fully saturated rings. The highest BCUT2D eigenvalue weighted by atomic mass is 35.5. The van der Waals surface area contributed by atoms with Gasteiger partial charge in [-0.1, -0.05) is 30.2 Å². The molecular weight excluding hydrogens is 332 g/mol. The van der Waals surface area contributed by atoms with Gasteiger partial charge in [0.2, 0.25) is 5.95 Å². The first-order chi connectivity index (χ1) is 12.3. The lowest BCUT2D eigenvalue weighted by Crippen LogP contribution is -2.47. The summed E-state index contributed by atoms with van der Waals surface area (Å²) in [6, 6.07) is 8.57. The third kappa shape index (κ3) is 3.96. The van der Waals surface area contributed by atoms with Gasteiger partial charge in [0.05, 0.1) is 0 Å². The van der Waals surface area contributed by atoms with Crippen LogP contribution in [0.25, 0.3) is 11.1 Å². The molecule has 3 heterocycles. The fraction of sp³-hybridized carbons (Fsp3) is 0.500. The number of benzene rings is 1. The van der Waals surface area contributed by atoms with Crippen LogP contribution in [0.15, 0.2) is 36.7 Å². The first kappa shape index (κ1) is 16.8. The van der Waals surface area contributed by atoms with Crippen LogP contribution < -0.4 is 4.90 Å². The van der Waals surface area contributed by atoms with Crippen LogP contribution in [0.1, 0.15) is 32.1 Å². The van der Waals surface area contributed by atoms with Crippen LogP contribution >= 0.6 is 11.6 Å². The van der Waals surface area contributed by atoms with Crippen molar-refractivity contribution in [3.05, 3.63) is 41.7 Å². The Labute approximate surface area is 154 Å². The van der Waals surface area contributed by atoms with E-state index in [1.165, 1.54) is 45.2 Å². The lowest BCUT2D eigenvalue weighted by Gasteiger charge is -2.40. The summed E-state index contributed by atoms with van der Waals surface area (Å²) in [7, 11) is 0. The fourth-order valence-electron chi connectivity index (χ4n) is 4.02. The van der Waals surface area contributed by atoms with Crippen LogP contribution in [0.3, 0.4) is 0 Å².